The highest BCUT2D eigenvalue weighted by Crippen LogP contribution is 2.17. The topological polar surface area (TPSA) is 62.1 Å². The maximum absolute atomic E-state index is 12.2. The first-order chi connectivity index (χ1) is 11.1. The lowest BCUT2D eigenvalue weighted by Crippen LogP contribution is -2.14. The van der Waals surface area contributed by atoms with Crippen molar-refractivity contribution in [2.75, 3.05) is 11.9 Å². The van der Waals surface area contributed by atoms with Crippen LogP contribution in [0.1, 0.15) is 18.1 Å². The summed E-state index contributed by atoms with van der Waals surface area (Å²) in [6.07, 6.45) is 1.56. The number of ether oxygens (including phenoxy) is 1. The molecule has 0 saturated carbocycles. The van der Waals surface area contributed by atoms with Crippen LogP contribution in [0.5, 0.6) is 5.75 Å². The number of amides is 1. The zero-order chi connectivity index (χ0) is 16.7. The van der Waals surface area contributed by atoms with Gasteiger partial charge in [-0.15, -0.1) is 0 Å². The van der Waals surface area contributed by atoms with Gasteiger partial charge in [-0.1, -0.05) is 30.3 Å². The second-order valence-electron chi connectivity index (χ2n) is 4.94. The van der Waals surface area contributed by atoms with Crippen molar-refractivity contribution in [1.29, 1.82) is 5.26 Å². The van der Waals surface area contributed by atoms with Gasteiger partial charge in [-0.2, -0.15) is 5.26 Å². The summed E-state index contributed by atoms with van der Waals surface area (Å²) in [7, 11) is 0. The molecule has 0 aliphatic rings. The van der Waals surface area contributed by atoms with Crippen LogP contribution in [-0.2, 0) is 4.79 Å². The third-order valence-corrected chi connectivity index (χ3v) is 3.26. The monoisotopic (exact) mass is 306 g/mol. The van der Waals surface area contributed by atoms with E-state index in [1.807, 2.05) is 62.4 Å². The maximum Gasteiger partial charge on any atom is 0.266 e. The van der Waals surface area contributed by atoms with E-state index in [9.17, 15) is 10.1 Å². The van der Waals surface area contributed by atoms with Crippen LogP contribution in [0, 0.1) is 18.3 Å². The minimum atomic E-state index is -0.421. The zero-order valence-electron chi connectivity index (χ0n) is 13.2. The van der Waals surface area contributed by atoms with E-state index in [0.717, 1.165) is 16.9 Å². The van der Waals surface area contributed by atoms with Crippen LogP contribution >= 0.6 is 0 Å². The van der Waals surface area contributed by atoms with E-state index in [2.05, 4.69) is 5.32 Å². The molecule has 23 heavy (non-hydrogen) atoms. The molecule has 2 aromatic rings. The molecule has 1 amide bonds. The van der Waals surface area contributed by atoms with Crippen LogP contribution in [0.2, 0.25) is 0 Å². The summed E-state index contributed by atoms with van der Waals surface area (Å²) in [4.78, 5) is 12.2. The number of para-hydroxylation sites is 1. The average molecular weight is 306 g/mol. The van der Waals surface area contributed by atoms with Gasteiger partial charge in [0.15, 0.2) is 0 Å². The SMILES string of the molecule is CCOc1ccc(C=C(C#N)C(=O)Nc2ccccc2C)cc1. The number of aryl methyl sites for hydroxylation is 1. The van der Waals surface area contributed by atoms with Crippen molar-refractivity contribution < 1.29 is 9.53 Å². The summed E-state index contributed by atoms with van der Waals surface area (Å²) < 4.78 is 5.37. The standard InChI is InChI=1S/C19H18N2O2/c1-3-23-17-10-8-15(9-11-17)12-16(13-20)19(22)21-18-7-5-4-6-14(18)2/h4-12H,3H2,1-2H3,(H,21,22). The van der Waals surface area contributed by atoms with Gasteiger partial charge in [-0.25, -0.2) is 0 Å². The minimum absolute atomic E-state index is 0.0532. The van der Waals surface area contributed by atoms with Gasteiger partial charge in [-0.05, 0) is 49.2 Å². The number of rotatable bonds is 5. The van der Waals surface area contributed by atoms with Gasteiger partial charge in [0.1, 0.15) is 17.4 Å². The first-order valence-electron chi connectivity index (χ1n) is 7.35. The second-order valence-corrected chi connectivity index (χ2v) is 4.94. The smallest absolute Gasteiger partial charge is 0.266 e. The Kier molecular flexibility index (Phi) is 5.54. The lowest BCUT2D eigenvalue weighted by molar-refractivity contribution is -0.112. The van der Waals surface area contributed by atoms with Gasteiger partial charge in [0.2, 0.25) is 0 Å². The molecule has 0 radical (unpaired) electrons. The van der Waals surface area contributed by atoms with Crippen molar-refractivity contribution in [3.63, 3.8) is 0 Å². The summed E-state index contributed by atoms with van der Waals surface area (Å²) >= 11 is 0. The highest BCUT2D eigenvalue weighted by atomic mass is 16.5. The Balaban J connectivity index is 2.16. The van der Waals surface area contributed by atoms with E-state index in [-0.39, 0.29) is 5.57 Å². The number of nitrogens with one attached hydrogen (secondary N) is 1. The van der Waals surface area contributed by atoms with E-state index >= 15 is 0 Å². The highest BCUT2D eigenvalue weighted by molar-refractivity contribution is 6.09. The molecule has 1 N–H and O–H groups in total. The molecule has 0 atom stereocenters. The number of nitrogens with zero attached hydrogens (tertiary/aromatic N) is 1. The maximum atomic E-state index is 12.2. The number of benzene rings is 2. The minimum Gasteiger partial charge on any atom is -0.494 e. The highest BCUT2D eigenvalue weighted by Gasteiger charge is 2.10. The molecule has 4 heteroatoms. The fourth-order valence-electron chi connectivity index (χ4n) is 2.05. The predicted octanol–water partition coefficient (Wildman–Crippen LogP) is 3.94. The van der Waals surface area contributed by atoms with Gasteiger partial charge in [0.05, 0.1) is 6.61 Å². The van der Waals surface area contributed by atoms with Crippen LogP contribution in [0.15, 0.2) is 54.1 Å². The van der Waals surface area contributed by atoms with Gasteiger partial charge >= 0.3 is 0 Å². The van der Waals surface area contributed by atoms with Crippen molar-refractivity contribution in [2.24, 2.45) is 0 Å². The van der Waals surface area contributed by atoms with Crippen molar-refractivity contribution in [1.82, 2.24) is 0 Å². The fraction of sp³-hybridized carbons (Fsp3) is 0.158. The van der Waals surface area contributed by atoms with Gasteiger partial charge in [0.25, 0.3) is 5.91 Å². The van der Waals surface area contributed by atoms with Crippen molar-refractivity contribution in [3.8, 4) is 11.8 Å². The molecule has 0 saturated heterocycles. The molecular weight excluding hydrogens is 288 g/mol. The molecule has 0 aromatic heterocycles. The van der Waals surface area contributed by atoms with Crippen LogP contribution in [0.3, 0.4) is 0 Å². The lowest BCUT2D eigenvalue weighted by atomic mass is 10.1. The van der Waals surface area contributed by atoms with Crippen LogP contribution in [0.25, 0.3) is 6.08 Å². The molecule has 0 aliphatic heterocycles. The Morgan fingerprint density at radius 3 is 2.52 bits per heavy atom. The zero-order valence-corrected chi connectivity index (χ0v) is 13.2. The molecule has 116 valence electrons. The van der Waals surface area contributed by atoms with Crippen LogP contribution < -0.4 is 10.1 Å². The molecule has 0 bridgehead atoms. The molecule has 0 spiro atoms. The third-order valence-electron chi connectivity index (χ3n) is 3.26. The molecule has 0 heterocycles. The molecule has 2 aromatic carbocycles. The number of anilines is 1. The molecule has 2 rings (SSSR count). The Hall–Kier alpha value is -3.06. The van der Waals surface area contributed by atoms with Crippen LogP contribution in [0.4, 0.5) is 5.69 Å². The van der Waals surface area contributed by atoms with Gasteiger partial charge in [-0.3, -0.25) is 4.79 Å². The van der Waals surface area contributed by atoms with Gasteiger partial charge < -0.3 is 10.1 Å². The average Bonchev–Trinajstić information content (AvgIpc) is 2.56. The van der Waals surface area contributed by atoms with Crippen molar-refractivity contribution in [3.05, 3.63) is 65.2 Å². The normalized spacial score (nSPS) is 10.7. The molecule has 0 unspecified atom stereocenters. The Morgan fingerprint density at radius 2 is 1.91 bits per heavy atom. The van der Waals surface area contributed by atoms with Crippen LogP contribution in [-0.4, -0.2) is 12.5 Å². The number of hydrogen-bond acceptors (Lipinski definition) is 3. The summed E-state index contributed by atoms with van der Waals surface area (Å²) in [6.45, 7) is 4.41. The van der Waals surface area contributed by atoms with E-state index in [1.165, 1.54) is 0 Å². The summed E-state index contributed by atoms with van der Waals surface area (Å²) in [5, 5.41) is 12.0. The lowest BCUT2D eigenvalue weighted by Gasteiger charge is -2.07. The fourth-order valence-corrected chi connectivity index (χ4v) is 2.05. The predicted molar refractivity (Wildman–Crippen MR) is 91.0 cm³/mol. The summed E-state index contributed by atoms with van der Waals surface area (Å²) in [6, 6.07) is 16.6. The quantitative estimate of drug-likeness (QED) is 0.672. The summed E-state index contributed by atoms with van der Waals surface area (Å²) in [5.41, 5.74) is 2.46. The number of nitriles is 1. The first kappa shape index (κ1) is 16.3. The molecule has 4 nitrogen and oxygen atoms in total. The number of hydrogen-bond donors (Lipinski definition) is 1. The van der Waals surface area contributed by atoms with E-state index in [0.29, 0.717) is 12.3 Å². The van der Waals surface area contributed by atoms with Gasteiger partial charge in [0, 0.05) is 5.69 Å². The Labute approximate surface area is 136 Å². The number of carbonyl (C=O) groups is 1. The van der Waals surface area contributed by atoms with E-state index in [4.69, 9.17) is 4.74 Å². The molecule has 0 aliphatic carbocycles. The molecular formula is C19H18N2O2. The van der Waals surface area contributed by atoms with Crippen molar-refractivity contribution in [2.45, 2.75) is 13.8 Å². The van der Waals surface area contributed by atoms with E-state index in [1.54, 1.807) is 12.1 Å². The number of carbonyl (C=O) groups excluding carboxylic acids is 1. The molecule has 0 fully saturated rings. The Bertz CT molecular complexity index is 756. The Morgan fingerprint density at radius 1 is 1.22 bits per heavy atom. The largest absolute Gasteiger partial charge is 0.494 e. The summed E-state index contributed by atoms with van der Waals surface area (Å²) in [5.74, 6) is 0.336. The first-order valence-corrected chi connectivity index (χ1v) is 7.35. The van der Waals surface area contributed by atoms with Crippen molar-refractivity contribution >= 4 is 17.7 Å². The second kappa shape index (κ2) is 7.81. The van der Waals surface area contributed by atoms with E-state index < -0.39 is 5.91 Å². The third kappa shape index (κ3) is 4.45.